The first-order valence-electron chi connectivity index (χ1n) is 3.84. The Labute approximate surface area is 71.8 Å². The smallest absolute Gasteiger partial charge is 0.319 e. The Bertz CT molecular complexity index is 246. The molecule has 1 aromatic carbocycles. The average Bonchev–Trinajstić information content (AvgIpc) is 2.06. The third kappa shape index (κ3) is 2.62. The van der Waals surface area contributed by atoms with E-state index in [2.05, 4.69) is 16.7 Å². The van der Waals surface area contributed by atoms with E-state index in [9.17, 15) is 4.79 Å². The van der Waals surface area contributed by atoms with Crippen molar-refractivity contribution in [2.75, 3.05) is 11.9 Å². The highest BCUT2D eigenvalue weighted by atomic mass is 16.2. The van der Waals surface area contributed by atoms with Crippen LogP contribution in [0.4, 0.5) is 10.5 Å². The fourth-order valence-electron chi connectivity index (χ4n) is 0.806. The van der Waals surface area contributed by atoms with Crippen molar-refractivity contribution in [2.24, 2.45) is 0 Å². The van der Waals surface area contributed by atoms with Crippen LogP contribution in [0.2, 0.25) is 0 Å². The summed E-state index contributed by atoms with van der Waals surface area (Å²) in [5.74, 6) is 0. The zero-order valence-corrected chi connectivity index (χ0v) is 6.92. The van der Waals surface area contributed by atoms with Crippen LogP contribution in [0.25, 0.3) is 0 Å². The van der Waals surface area contributed by atoms with E-state index >= 15 is 0 Å². The first kappa shape index (κ1) is 8.59. The second-order valence-electron chi connectivity index (χ2n) is 2.27. The van der Waals surface area contributed by atoms with Crippen LogP contribution in [-0.4, -0.2) is 12.6 Å². The molecule has 1 aromatic rings. The van der Waals surface area contributed by atoms with Crippen LogP contribution in [0.5, 0.6) is 0 Å². The molecule has 0 atom stereocenters. The largest absolute Gasteiger partial charge is 0.338 e. The highest BCUT2D eigenvalue weighted by Crippen LogP contribution is 2.03. The van der Waals surface area contributed by atoms with Crippen molar-refractivity contribution in [1.29, 1.82) is 0 Å². The van der Waals surface area contributed by atoms with Crippen molar-refractivity contribution < 1.29 is 4.79 Å². The minimum absolute atomic E-state index is 0.177. The number of rotatable bonds is 2. The number of benzene rings is 1. The van der Waals surface area contributed by atoms with Crippen LogP contribution < -0.4 is 10.6 Å². The molecule has 0 spiro atoms. The van der Waals surface area contributed by atoms with Crippen LogP contribution in [0.3, 0.4) is 0 Å². The van der Waals surface area contributed by atoms with E-state index in [-0.39, 0.29) is 6.03 Å². The van der Waals surface area contributed by atoms with E-state index in [4.69, 9.17) is 0 Å². The molecule has 0 unspecified atom stereocenters. The summed E-state index contributed by atoms with van der Waals surface area (Å²) in [6.07, 6.45) is 0. The fraction of sp³-hybridized carbons (Fsp3) is 0.222. The van der Waals surface area contributed by atoms with Gasteiger partial charge in [-0.3, -0.25) is 0 Å². The quantitative estimate of drug-likeness (QED) is 0.683. The van der Waals surface area contributed by atoms with Gasteiger partial charge in [0.1, 0.15) is 0 Å². The number of carbonyl (C=O) groups is 1. The van der Waals surface area contributed by atoms with Crippen molar-refractivity contribution in [3.63, 3.8) is 0 Å². The average molecular weight is 163 g/mol. The second-order valence-corrected chi connectivity index (χ2v) is 2.27. The van der Waals surface area contributed by atoms with Crippen LogP contribution in [0.15, 0.2) is 24.3 Å². The molecule has 12 heavy (non-hydrogen) atoms. The van der Waals surface area contributed by atoms with Crippen LogP contribution >= 0.6 is 0 Å². The monoisotopic (exact) mass is 163 g/mol. The van der Waals surface area contributed by atoms with Crippen molar-refractivity contribution in [3.05, 3.63) is 30.3 Å². The number of hydrogen-bond donors (Lipinski definition) is 2. The van der Waals surface area contributed by atoms with Gasteiger partial charge >= 0.3 is 6.03 Å². The number of anilines is 1. The molecule has 3 nitrogen and oxygen atoms in total. The lowest BCUT2D eigenvalue weighted by atomic mass is 10.3. The maximum atomic E-state index is 11.0. The number of carbonyl (C=O) groups excluding carboxylic acids is 1. The van der Waals surface area contributed by atoms with E-state index < -0.39 is 0 Å². The van der Waals surface area contributed by atoms with E-state index in [1.807, 2.05) is 6.92 Å². The summed E-state index contributed by atoms with van der Waals surface area (Å²) in [6, 6.07) is 9.77. The molecule has 0 saturated heterocycles. The maximum absolute atomic E-state index is 11.0. The van der Waals surface area contributed by atoms with Gasteiger partial charge in [0.15, 0.2) is 0 Å². The van der Waals surface area contributed by atoms with E-state index in [1.165, 1.54) is 0 Å². The van der Waals surface area contributed by atoms with Crippen LogP contribution in [-0.2, 0) is 0 Å². The number of amides is 2. The highest BCUT2D eigenvalue weighted by Gasteiger charge is 1.96. The van der Waals surface area contributed by atoms with Gasteiger partial charge in [-0.15, -0.1) is 0 Å². The molecule has 0 aliphatic carbocycles. The molecule has 0 bridgehead atoms. The molecule has 2 amide bonds. The van der Waals surface area contributed by atoms with Gasteiger partial charge < -0.3 is 10.6 Å². The van der Waals surface area contributed by atoms with Gasteiger partial charge in [-0.05, 0) is 25.1 Å². The maximum Gasteiger partial charge on any atom is 0.319 e. The Hall–Kier alpha value is -1.51. The minimum atomic E-state index is -0.177. The van der Waals surface area contributed by atoms with E-state index in [0.717, 1.165) is 5.69 Å². The Kier molecular flexibility index (Phi) is 3.14. The minimum Gasteiger partial charge on any atom is -0.338 e. The molecule has 0 heterocycles. The summed E-state index contributed by atoms with van der Waals surface area (Å²) in [7, 11) is 0. The molecule has 2 N–H and O–H groups in total. The molecule has 0 aliphatic rings. The molecule has 0 aromatic heterocycles. The topological polar surface area (TPSA) is 41.1 Å². The van der Waals surface area contributed by atoms with E-state index in [0.29, 0.717) is 6.54 Å². The molecule has 3 heteroatoms. The number of hydrogen-bond acceptors (Lipinski definition) is 1. The molecule has 0 fully saturated rings. The zero-order chi connectivity index (χ0) is 8.81. The van der Waals surface area contributed by atoms with Crippen LogP contribution in [0, 0.1) is 6.07 Å². The summed E-state index contributed by atoms with van der Waals surface area (Å²) < 4.78 is 0. The molecule has 0 saturated carbocycles. The lowest BCUT2D eigenvalue weighted by Gasteiger charge is -2.04. The number of nitrogens with one attached hydrogen (secondary N) is 2. The first-order chi connectivity index (χ1) is 5.83. The molecule has 63 valence electrons. The standard InChI is InChI=1S/C9H11N2O/c1-2-10-9(12)11-8-6-4-3-5-7-8/h4-7H,2H2,1H3,(H2,10,11,12). The predicted octanol–water partition coefficient (Wildman–Crippen LogP) is 1.63. The van der Waals surface area contributed by atoms with Gasteiger partial charge in [-0.25, -0.2) is 4.79 Å². The molecule has 0 aliphatic heterocycles. The summed E-state index contributed by atoms with van der Waals surface area (Å²) in [4.78, 5) is 11.0. The van der Waals surface area contributed by atoms with Crippen molar-refractivity contribution in [1.82, 2.24) is 5.32 Å². The van der Waals surface area contributed by atoms with Crippen molar-refractivity contribution in [3.8, 4) is 0 Å². The SMILES string of the molecule is CCNC(=O)Nc1cc[c]cc1. The summed E-state index contributed by atoms with van der Waals surface area (Å²) in [5, 5.41) is 5.31. The van der Waals surface area contributed by atoms with Gasteiger partial charge in [0.2, 0.25) is 0 Å². The summed E-state index contributed by atoms with van der Waals surface area (Å²) >= 11 is 0. The van der Waals surface area contributed by atoms with Gasteiger partial charge in [0, 0.05) is 12.2 Å². The lowest BCUT2D eigenvalue weighted by Crippen LogP contribution is -2.28. The summed E-state index contributed by atoms with van der Waals surface area (Å²) in [6.45, 7) is 2.50. The Morgan fingerprint density at radius 1 is 1.50 bits per heavy atom. The van der Waals surface area contributed by atoms with Gasteiger partial charge in [0.25, 0.3) is 0 Å². The van der Waals surface area contributed by atoms with Crippen molar-refractivity contribution >= 4 is 11.7 Å². The van der Waals surface area contributed by atoms with Gasteiger partial charge in [0.05, 0.1) is 0 Å². The Balaban J connectivity index is 2.47. The third-order valence-corrected chi connectivity index (χ3v) is 1.31. The lowest BCUT2D eigenvalue weighted by molar-refractivity contribution is 0.252. The van der Waals surface area contributed by atoms with Gasteiger partial charge in [-0.2, -0.15) is 0 Å². The molecule has 1 radical (unpaired) electrons. The fourth-order valence-corrected chi connectivity index (χ4v) is 0.806. The second kappa shape index (κ2) is 4.38. The highest BCUT2D eigenvalue weighted by molar-refractivity contribution is 5.89. The Morgan fingerprint density at radius 2 is 2.17 bits per heavy atom. The zero-order valence-electron chi connectivity index (χ0n) is 6.92. The van der Waals surface area contributed by atoms with Crippen LogP contribution in [0.1, 0.15) is 6.92 Å². The first-order valence-corrected chi connectivity index (χ1v) is 3.84. The summed E-state index contributed by atoms with van der Waals surface area (Å²) in [5.41, 5.74) is 0.778. The van der Waals surface area contributed by atoms with Gasteiger partial charge in [-0.1, -0.05) is 12.1 Å². The molecule has 1 rings (SSSR count). The molecular weight excluding hydrogens is 152 g/mol. The molecular formula is C9H11N2O. The normalized spacial score (nSPS) is 9.08. The predicted molar refractivity (Wildman–Crippen MR) is 48.0 cm³/mol. The number of urea groups is 1. The Morgan fingerprint density at radius 3 is 2.75 bits per heavy atom. The third-order valence-electron chi connectivity index (χ3n) is 1.31. The van der Waals surface area contributed by atoms with E-state index in [1.54, 1.807) is 24.3 Å². The van der Waals surface area contributed by atoms with Crippen molar-refractivity contribution in [2.45, 2.75) is 6.92 Å².